The molecule has 1 aromatic carbocycles. The number of carbonyl (C=O) groups excluding carboxylic acids is 1. The van der Waals surface area contributed by atoms with Crippen molar-refractivity contribution < 1.29 is 4.79 Å². The molecule has 0 aromatic heterocycles. The largest absolute Gasteiger partial charge is 0.327 e. The van der Waals surface area contributed by atoms with E-state index in [-0.39, 0.29) is 17.9 Å². The van der Waals surface area contributed by atoms with Gasteiger partial charge in [0.2, 0.25) is 5.91 Å². The van der Waals surface area contributed by atoms with Crippen LogP contribution in [0.4, 0.5) is 5.69 Å². The molecule has 0 saturated carbocycles. The monoisotopic (exact) mass is 217 g/mol. The van der Waals surface area contributed by atoms with E-state index in [1.165, 1.54) is 0 Å². The average Bonchev–Trinajstić information content (AvgIpc) is 2.28. The van der Waals surface area contributed by atoms with Gasteiger partial charge < -0.3 is 11.1 Å². The zero-order chi connectivity index (χ0) is 12.1. The second kappa shape index (κ2) is 5.29. The lowest BCUT2D eigenvalue weighted by molar-refractivity contribution is -0.119. The van der Waals surface area contributed by atoms with Crippen molar-refractivity contribution in [2.45, 2.75) is 19.9 Å². The molecule has 4 heteroatoms. The van der Waals surface area contributed by atoms with Crippen LogP contribution >= 0.6 is 0 Å². The van der Waals surface area contributed by atoms with Crippen LogP contribution in [0.2, 0.25) is 0 Å². The Balaban J connectivity index is 2.67. The number of benzene rings is 1. The van der Waals surface area contributed by atoms with Gasteiger partial charge in [0.05, 0.1) is 17.6 Å². The first-order valence-electron chi connectivity index (χ1n) is 5.11. The predicted octanol–water partition coefficient (Wildman–Crippen LogP) is 1.48. The minimum Gasteiger partial charge on any atom is -0.327 e. The number of rotatable bonds is 3. The molecule has 16 heavy (non-hydrogen) atoms. The van der Waals surface area contributed by atoms with Crippen LogP contribution in [0.1, 0.15) is 19.4 Å². The van der Waals surface area contributed by atoms with E-state index in [1.807, 2.05) is 6.07 Å². The van der Waals surface area contributed by atoms with Gasteiger partial charge in [-0.25, -0.2) is 0 Å². The third-order valence-electron chi connectivity index (χ3n) is 2.48. The smallest absolute Gasteiger partial charge is 0.228 e. The first-order valence-corrected chi connectivity index (χ1v) is 5.11. The highest BCUT2D eigenvalue weighted by Gasteiger charge is 2.16. The quantitative estimate of drug-likeness (QED) is 0.804. The van der Waals surface area contributed by atoms with Crippen LogP contribution in [0.3, 0.4) is 0 Å². The maximum atomic E-state index is 11.7. The van der Waals surface area contributed by atoms with Gasteiger partial charge in [-0.15, -0.1) is 0 Å². The summed E-state index contributed by atoms with van der Waals surface area (Å²) in [5.41, 5.74) is 6.88. The molecular formula is C12H15N3O. The van der Waals surface area contributed by atoms with Crippen LogP contribution in [-0.2, 0) is 4.79 Å². The van der Waals surface area contributed by atoms with Gasteiger partial charge in [-0.2, -0.15) is 5.26 Å². The molecule has 1 aromatic rings. The van der Waals surface area contributed by atoms with Gasteiger partial charge in [0, 0.05) is 11.7 Å². The van der Waals surface area contributed by atoms with Crippen molar-refractivity contribution in [2.75, 3.05) is 5.32 Å². The minimum atomic E-state index is -0.240. The van der Waals surface area contributed by atoms with E-state index in [9.17, 15) is 4.79 Å². The molecule has 1 rings (SSSR count). The van der Waals surface area contributed by atoms with Crippen molar-refractivity contribution in [3.63, 3.8) is 0 Å². The molecule has 0 aliphatic carbocycles. The number of nitriles is 1. The second-order valence-corrected chi connectivity index (χ2v) is 3.83. The zero-order valence-corrected chi connectivity index (χ0v) is 9.40. The van der Waals surface area contributed by atoms with E-state index >= 15 is 0 Å². The van der Waals surface area contributed by atoms with E-state index in [2.05, 4.69) is 5.32 Å². The first kappa shape index (κ1) is 12.2. The molecule has 2 unspecified atom stereocenters. The number of nitrogens with zero attached hydrogens (tertiary/aromatic N) is 1. The Labute approximate surface area is 95.1 Å². The minimum absolute atomic E-state index is 0.111. The molecular weight excluding hydrogens is 202 g/mol. The topological polar surface area (TPSA) is 78.9 Å². The summed E-state index contributed by atoms with van der Waals surface area (Å²) in [6.45, 7) is 3.58. The van der Waals surface area contributed by atoms with Crippen molar-refractivity contribution in [3.05, 3.63) is 29.8 Å². The highest BCUT2D eigenvalue weighted by molar-refractivity contribution is 5.92. The van der Waals surface area contributed by atoms with Gasteiger partial charge >= 0.3 is 0 Å². The molecule has 4 nitrogen and oxygen atoms in total. The summed E-state index contributed by atoms with van der Waals surface area (Å²) in [6.07, 6.45) is 0. The van der Waals surface area contributed by atoms with Gasteiger partial charge in [0.1, 0.15) is 0 Å². The van der Waals surface area contributed by atoms with Gasteiger partial charge in [-0.05, 0) is 31.2 Å². The molecule has 0 saturated heterocycles. The van der Waals surface area contributed by atoms with Crippen LogP contribution in [0.25, 0.3) is 0 Å². The summed E-state index contributed by atoms with van der Waals surface area (Å²) in [4.78, 5) is 11.7. The fraction of sp³-hybridized carbons (Fsp3) is 0.333. The van der Waals surface area contributed by atoms with Crippen molar-refractivity contribution in [1.29, 1.82) is 5.26 Å². The molecule has 84 valence electrons. The third kappa shape index (κ3) is 3.07. The Bertz CT molecular complexity index is 403. The second-order valence-electron chi connectivity index (χ2n) is 3.83. The molecule has 0 aliphatic heterocycles. The van der Waals surface area contributed by atoms with Crippen LogP contribution in [0.15, 0.2) is 24.3 Å². The summed E-state index contributed by atoms with van der Waals surface area (Å²) in [5, 5.41) is 11.4. The lowest BCUT2D eigenvalue weighted by atomic mass is 10.0. The highest BCUT2D eigenvalue weighted by Crippen LogP contribution is 2.11. The van der Waals surface area contributed by atoms with Crippen molar-refractivity contribution in [1.82, 2.24) is 0 Å². The van der Waals surface area contributed by atoms with Gasteiger partial charge in [-0.3, -0.25) is 4.79 Å². The summed E-state index contributed by atoms with van der Waals surface area (Å²) in [7, 11) is 0. The van der Waals surface area contributed by atoms with E-state index < -0.39 is 0 Å². The van der Waals surface area contributed by atoms with Crippen molar-refractivity contribution in [3.8, 4) is 6.07 Å². The Morgan fingerprint density at radius 1 is 1.38 bits per heavy atom. The molecule has 0 heterocycles. The molecule has 0 bridgehead atoms. The van der Waals surface area contributed by atoms with E-state index in [0.717, 1.165) is 0 Å². The van der Waals surface area contributed by atoms with Crippen molar-refractivity contribution >= 4 is 11.6 Å². The molecule has 0 fully saturated rings. The molecule has 3 N–H and O–H groups in total. The zero-order valence-electron chi connectivity index (χ0n) is 9.40. The Kier molecular flexibility index (Phi) is 4.03. The lowest BCUT2D eigenvalue weighted by Crippen LogP contribution is -2.34. The predicted molar refractivity (Wildman–Crippen MR) is 62.6 cm³/mol. The van der Waals surface area contributed by atoms with Crippen LogP contribution in [0, 0.1) is 17.2 Å². The molecule has 0 spiro atoms. The van der Waals surface area contributed by atoms with Gasteiger partial charge in [0.25, 0.3) is 0 Å². The Hall–Kier alpha value is -1.86. The fourth-order valence-corrected chi connectivity index (χ4v) is 1.12. The normalized spacial score (nSPS) is 13.6. The summed E-state index contributed by atoms with van der Waals surface area (Å²) in [5.74, 6) is -0.352. The van der Waals surface area contributed by atoms with Crippen LogP contribution in [-0.4, -0.2) is 11.9 Å². The number of anilines is 1. The maximum absolute atomic E-state index is 11.7. The van der Waals surface area contributed by atoms with Gasteiger partial charge in [0.15, 0.2) is 0 Å². The summed E-state index contributed by atoms with van der Waals surface area (Å²) < 4.78 is 0. The van der Waals surface area contributed by atoms with Gasteiger partial charge in [-0.1, -0.05) is 6.92 Å². The standard InChI is InChI=1S/C12H15N3O/c1-8(9(2)14)12(16)15-11-5-3-10(7-13)4-6-11/h3-6,8-9H,14H2,1-2H3,(H,15,16). The number of carbonyl (C=O) groups is 1. The van der Waals surface area contributed by atoms with E-state index in [4.69, 9.17) is 11.0 Å². The number of nitrogens with two attached hydrogens (primary N) is 1. The number of hydrogen-bond donors (Lipinski definition) is 2. The lowest BCUT2D eigenvalue weighted by Gasteiger charge is -2.15. The average molecular weight is 217 g/mol. The SMILES string of the molecule is CC(N)C(C)C(=O)Nc1ccc(C#N)cc1. The van der Waals surface area contributed by atoms with Crippen LogP contribution < -0.4 is 11.1 Å². The third-order valence-corrected chi connectivity index (χ3v) is 2.48. The first-order chi connectivity index (χ1) is 7.54. The summed E-state index contributed by atoms with van der Waals surface area (Å²) in [6, 6.07) is 8.55. The molecule has 0 aliphatic rings. The number of nitrogens with one attached hydrogen (secondary N) is 1. The maximum Gasteiger partial charge on any atom is 0.228 e. The Morgan fingerprint density at radius 2 is 1.94 bits per heavy atom. The number of hydrogen-bond acceptors (Lipinski definition) is 3. The molecule has 0 radical (unpaired) electrons. The van der Waals surface area contributed by atoms with Crippen LogP contribution in [0.5, 0.6) is 0 Å². The van der Waals surface area contributed by atoms with E-state index in [1.54, 1.807) is 38.1 Å². The fourth-order valence-electron chi connectivity index (χ4n) is 1.12. The molecule has 2 atom stereocenters. The Morgan fingerprint density at radius 3 is 2.38 bits per heavy atom. The van der Waals surface area contributed by atoms with E-state index in [0.29, 0.717) is 11.3 Å². The van der Waals surface area contributed by atoms with Crippen molar-refractivity contribution in [2.24, 2.45) is 11.7 Å². The molecule has 1 amide bonds. The summed E-state index contributed by atoms with van der Waals surface area (Å²) >= 11 is 0. The highest BCUT2D eigenvalue weighted by atomic mass is 16.1. The number of amides is 1.